The summed E-state index contributed by atoms with van der Waals surface area (Å²) in [6, 6.07) is 16.4. The van der Waals surface area contributed by atoms with Crippen LogP contribution in [0.4, 0.5) is 0 Å². The van der Waals surface area contributed by atoms with E-state index in [2.05, 4.69) is 27.5 Å². The molecule has 113 valence electrons. The fourth-order valence-electron chi connectivity index (χ4n) is 2.00. The van der Waals surface area contributed by atoms with E-state index >= 15 is 0 Å². The Morgan fingerprint density at radius 1 is 1.04 bits per heavy atom. The summed E-state index contributed by atoms with van der Waals surface area (Å²) >= 11 is 9.22. The van der Waals surface area contributed by atoms with Crippen LogP contribution in [0.15, 0.2) is 71.6 Å². The van der Waals surface area contributed by atoms with E-state index in [1.807, 2.05) is 42.5 Å². The molecule has 3 rings (SSSR count). The second-order valence-electron chi connectivity index (χ2n) is 4.81. The molecule has 0 spiro atoms. The maximum atomic E-state index is 12.1. The first-order valence-electron chi connectivity index (χ1n) is 6.82. The molecular formula is C18H11BrClN2O. The molecule has 0 saturated heterocycles. The van der Waals surface area contributed by atoms with Gasteiger partial charge in [-0.2, -0.15) is 0 Å². The molecule has 1 aromatic heterocycles. The summed E-state index contributed by atoms with van der Waals surface area (Å²) in [5.74, 6) is -0.205. The molecule has 1 heterocycles. The third-order valence-corrected chi connectivity index (χ3v) is 3.97. The molecular weight excluding hydrogens is 376 g/mol. The molecule has 0 atom stereocenters. The highest BCUT2D eigenvalue weighted by Gasteiger charge is 2.07. The average molecular weight is 387 g/mol. The van der Waals surface area contributed by atoms with Crippen molar-refractivity contribution in [2.24, 2.45) is 0 Å². The molecule has 0 fully saturated rings. The van der Waals surface area contributed by atoms with Gasteiger partial charge in [0, 0.05) is 21.3 Å². The monoisotopic (exact) mass is 385 g/mol. The van der Waals surface area contributed by atoms with E-state index in [-0.39, 0.29) is 5.78 Å². The minimum absolute atomic E-state index is 0.205. The summed E-state index contributed by atoms with van der Waals surface area (Å²) in [6.07, 6.45) is 3.30. The third kappa shape index (κ3) is 3.97. The number of nitrogens with zero attached hydrogens (tertiary/aromatic N) is 2. The lowest BCUT2D eigenvalue weighted by Gasteiger charge is -2.06. The summed E-state index contributed by atoms with van der Waals surface area (Å²) in [6.45, 7) is 2.74. The zero-order valence-electron chi connectivity index (χ0n) is 11.9. The van der Waals surface area contributed by atoms with Gasteiger partial charge < -0.3 is 9.36 Å². The molecule has 0 amide bonds. The summed E-state index contributed by atoms with van der Waals surface area (Å²) in [4.78, 5) is 16.5. The third-order valence-electron chi connectivity index (χ3n) is 3.19. The van der Waals surface area contributed by atoms with Gasteiger partial charge in [0.05, 0.1) is 6.54 Å². The van der Waals surface area contributed by atoms with Gasteiger partial charge in [-0.1, -0.05) is 56.8 Å². The van der Waals surface area contributed by atoms with Crippen LogP contribution in [0.25, 0.3) is 11.3 Å². The van der Waals surface area contributed by atoms with E-state index in [1.54, 1.807) is 24.7 Å². The van der Waals surface area contributed by atoms with E-state index in [0.29, 0.717) is 10.6 Å². The molecule has 23 heavy (non-hydrogen) atoms. The van der Waals surface area contributed by atoms with Crippen molar-refractivity contribution in [3.8, 4) is 11.3 Å². The Kier molecular flexibility index (Phi) is 4.74. The van der Waals surface area contributed by atoms with E-state index in [1.165, 1.54) is 4.57 Å². The molecule has 3 nitrogen and oxygen atoms in total. The highest BCUT2D eigenvalue weighted by molar-refractivity contribution is 9.10. The van der Waals surface area contributed by atoms with Gasteiger partial charge in [0.15, 0.2) is 5.69 Å². The van der Waals surface area contributed by atoms with Crippen molar-refractivity contribution in [3.63, 3.8) is 0 Å². The van der Waals surface area contributed by atoms with Gasteiger partial charge in [0.1, 0.15) is 5.78 Å². The second-order valence-corrected chi connectivity index (χ2v) is 6.16. The Balaban J connectivity index is 1.73. The molecule has 0 saturated carbocycles. The van der Waals surface area contributed by atoms with Crippen LogP contribution in [0.5, 0.6) is 0 Å². The van der Waals surface area contributed by atoms with Crippen LogP contribution in [0, 0.1) is 6.54 Å². The molecule has 0 bridgehead atoms. The molecule has 2 aromatic carbocycles. The van der Waals surface area contributed by atoms with Crippen molar-refractivity contribution in [2.45, 2.75) is 0 Å². The quantitative estimate of drug-likeness (QED) is 0.382. The Morgan fingerprint density at radius 3 is 2.35 bits per heavy atom. The Hall–Kier alpha value is -2.17. The van der Waals surface area contributed by atoms with Crippen molar-refractivity contribution >= 4 is 33.3 Å². The highest BCUT2D eigenvalue weighted by atomic mass is 79.9. The first-order chi connectivity index (χ1) is 11.1. The fourth-order valence-corrected chi connectivity index (χ4v) is 2.39. The van der Waals surface area contributed by atoms with Crippen molar-refractivity contribution in [2.75, 3.05) is 0 Å². The Bertz CT molecular complexity index is 815. The lowest BCUT2D eigenvalue weighted by atomic mass is 10.1. The average Bonchev–Trinajstić information content (AvgIpc) is 2.57. The molecule has 0 N–H and O–H groups in total. The molecule has 0 aliphatic carbocycles. The van der Waals surface area contributed by atoms with Crippen LogP contribution in [-0.2, 0) is 0 Å². The number of Topliss-reactive ketones (excluding diaryl/α,β-unsaturated/α-hetero) is 1. The fraction of sp³-hybridized carbons (Fsp3) is 0. The highest BCUT2D eigenvalue weighted by Crippen LogP contribution is 2.18. The van der Waals surface area contributed by atoms with Crippen molar-refractivity contribution < 1.29 is 9.36 Å². The maximum Gasteiger partial charge on any atom is 0.212 e. The number of aromatic nitrogens is 2. The van der Waals surface area contributed by atoms with E-state index < -0.39 is 0 Å². The Morgan fingerprint density at radius 2 is 1.74 bits per heavy atom. The standard InChI is InChI=1S/C18H11BrClN2O/c19-15-5-1-14(2-6-15)18(23)11-22-10-9-17(21-12-22)13-3-7-16(20)8-4-13/h1-10,12H. The van der Waals surface area contributed by atoms with Gasteiger partial charge >= 0.3 is 0 Å². The maximum absolute atomic E-state index is 12.1. The number of carbonyl (C=O) groups excluding carboxylic acids is 1. The number of carbonyl (C=O) groups is 1. The molecule has 0 aliphatic heterocycles. The molecule has 0 unspecified atom stereocenters. The number of halogens is 2. The van der Waals surface area contributed by atoms with Crippen LogP contribution in [0.2, 0.25) is 5.02 Å². The van der Waals surface area contributed by atoms with Crippen molar-refractivity contribution in [3.05, 3.63) is 88.7 Å². The van der Waals surface area contributed by atoms with Gasteiger partial charge in [0.2, 0.25) is 6.33 Å². The lowest BCUT2D eigenvalue weighted by Crippen LogP contribution is -2.35. The van der Waals surface area contributed by atoms with E-state index in [9.17, 15) is 4.79 Å². The zero-order valence-corrected chi connectivity index (χ0v) is 14.3. The number of ketones is 1. The van der Waals surface area contributed by atoms with Gasteiger partial charge in [-0.25, -0.2) is 0 Å². The molecule has 5 heteroatoms. The number of benzene rings is 2. The van der Waals surface area contributed by atoms with Gasteiger partial charge in [0.25, 0.3) is 0 Å². The minimum Gasteiger partial charge on any atom is -0.324 e. The van der Waals surface area contributed by atoms with Crippen LogP contribution < -0.4 is 4.57 Å². The first kappa shape index (κ1) is 15.7. The summed E-state index contributed by atoms with van der Waals surface area (Å²) in [7, 11) is 0. The summed E-state index contributed by atoms with van der Waals surface area (Å²) in [5, 5.41) is 0.682. The van der Waals surface area contributed by atoms with Crippen LogP contribution >= 0.6 is 27.5 Å². The molecule has 3 aromatic rings. The Labute approximate surface area is 147 Å². The second kappa shape index (κ2) is 6.94. The van der Waals surface area contributed by atoms with Gasteiger partial charge in [-0.15, -0.1) is 0 Å². The lowest BCUT2D eigenvalue weighted by molar-refractivity contribution is -0.628. The van der Waals surface area contributed by atoms with Crippen LogP contribution in [-0.4, -0.2) is 10.8 Å². The molecule has 0 aliphatic rings. The summed E-state index contributed by atoms with van der Waals surface area (Å²) < 4.78 is 2.44. The smallest absolute Gasteiger partial charge is 0.212 e. The van der Waals surface area contributed by atoms with Gasteiger partial charge in [-0.3, -0.25) is 0 Å². The number of hydrogen-bond acceptors (Lipinski definition) is 2. The number of hydrogen-bond donors (Lipinski definition) is 0. The largest absolute Gasteiger partial charge is 0.324 e. The topological polar surface area (TPSA) is 33.8 Å². The predicted octanol–water partition coefficient (Wildman–Crippen LogP) is 4.22. The minimum atomic E-state index is -0.205. The first-order valence-corrected chi connectivity index (χ1v) is 7.99. The molecule has 1 radical (unpaired) electrons. The predicted molar refractivity (Wildman–Crippen MR) is 92.0 cm³/mol. The van der Waals surface area contributed by atoms with E-state index in [4.69, 9.17) is 11.6 Å². The van der Waals surface area contributed by atoms with Crippen molar-refractivity contribution in [1.29, 1.82) is 0 Å². The van der Waals surface area contributed by atoms with Crippen molar-refractivity contribution in [1.82, 2.24) is 4.98 Å². The van der Waals surface area contributed by atoms with Crippen LogP contribution in [0.3, 0.4) is 0 Å². The van der Waals surface area contributed by atoms with Crippen LogP contribution in [0.1, 0.15) is 10.4 Å². The van der Waals surface area contributed by atoms with Gasteiger partial charge in [-0.05, 0) is 35.9 Å². The normalized spacial score (nSPS) is 10.3. The number of rotatable bonds is 4. The zero-order chi connectivity index (χ0) is 16.2. The van der Waals surface area contributed by atoms with E-state index in [0.717, 1.165) is 15.7 Å². The summed E-state index contributed by atoms with van der Waals surface area (Å²) in [5.41, 5.74) is 2.33. The SMILES string of the molecule is O=C([C-][n+]1ccc(-c2ccc(Cl)cc2)nc1)c1ccc(Br)cc1.